The van der Waals surface area contributed by atoms with Crippen molar-refractivity contribution in [3.63, 3.8) is 0 Å². The molecule has 2 aromatic heterocycles. The summed E-state index contributed by atoms with van der Waals surface area (Å²) >= 11 is 5.79. The number of pyridine rings is 1. The first-order valence-corrected chi connectivity index (χ1v) is 7.38. The zero-order valence-electron chi connectivity index (χ0n) is 12.3. The number of ether oxygens (including phenoxy) is 1. The van der Waals surface area contributed by atoms with Crippen LogP contribution in [0.4, 0.5) is 0 Å². The predicted octanol–water partition coefficient (Wildman–Crippen LogP) is 0.770. The Morgan fingerprint density at radius 1 is 1.43 bits per heavy atom. The van der Waals surface area contributed by atoms with Crippen LogP contribution in [0.5, 0.6) is 0 Å². The van der Waals surface area contributed by atoms with Crippen LogP contribution in [0.15, 0.2) is 18.3 Å². The van der Waals surface area contributed by atoms with Crippen molar-refractivity contribution in [2.45, 2.75) is 18.9 Å². The summed E-state index contributed by atoms with van der Waals surface area (Å²) in [5.41, 5.74) is 0.723. The number of methoxy groups -OCH3 is 1. The highest BCUT2D eigenvalue weighted by Gasteiger charge is 2.32. The van der Waals surface area contributed by atoms with E-state index in [4.69, 9.17) is 11.6 Å². The SMILES string of the molecule is COC(=O)CNC(=O)C1CCc2nnc(-c3ccc(Cl)nc3)n21. The number of nitrogens with zero attached hydrogens (tertiary/aromatic N) is 4. The van der Waals surface area contributed by atoms with E-state index < -0.39 is 12.0 Å². The van der Waals surface area contributed by atoms with Gasteiger partial charge in [0.25, 0.3) is 0 Å². The smallest absolute Gasteiger partial charge is 0.325 e. The lowest BCUT2D eigenvalue weighted by molar-refractivity contribution is -0.141. The molecule has 0 radical (unpaired) electrons. The number of hydrogen-bond acceptors (Lipinski definition) is 6. The topological polar surface area (TPSA) is 99.0 Å². The summed E-state index contributed by atoms with van der Waals surface area (Å²) in [6.45, 7) is -0.166. The Morgan fingerprint density at radius 3 is 2.96 bits per heavy atom. The number of aromatic nitrogens is 4. The lowest BCUT2D eigenvalue weighted by Gasteiger charge is -2.14. The number of amides is 1. The van der Waals surface area contributed by atoms with Crippen LogP contribution in [0.1, 0.15) is 18.3 Å². The molecular formula is C14H14ClN5O3. The second-order valence-corrected chi connectivity index (χ2v) is 5.42. The van der Waals surface area contributed by atoms with Crippen LogP contribution in [0.25, 0.3) is 11.4 Å². The van der Waals surface area contributed by atoms with E-state index in [1.807, 2.05) is 0 Å². The minimum absolute atomic E-state index is 0.166. The van der Waals surface area contributed by atoms with Gasteiger partial charge < -0.3 is 10.1 Å². The second kappa shape index (κ2) is 6.33. The maximum absolute atomic E-state index is 12.3. The van der Waals surface area contributed by atoms with Gasteiger partial charge in [-0.2, -0.15) is 0 Å². The maximum atomic E-state index is 12.3. The molecule has 1 aliphatic heterocycles. The fourth-order valence-electron chi connectivity index (χ4n) is 2.52. The van der Waals surface area contributed by atoms with Gasteiger partial charge in [0.2, 0.25) is 5.91 Å². The van der Waals surface area contributed by atoms with Gasteiger partial charge >= 0.3 is 5.97 Å². The van der Waals surface area contributed by atoms with Gasteiger partial charge in [0, 0.05) is 18.2 Å². The van der Waals surface area contributed by atoms with Crippen LogP contribution < -0.4 is 5.32 Å². The molecule has 1 unspecified atom stereocenters. The zero-order valence-corrected chi connectivity index (χ0v) is 13.1. The third-order valence-electron chi connectivity index (χ3n) is 3.64. The van der Waals surface area contributed by atoms with Crippen molar-refractivity contribution >= 4 is 23.5 Å². The Kier molecular flexibility index (Phi) is 4.24. The number of carbonyl (C=O) groups excluding carboxylic acids is 2. The minimum atomic E-state index is -0.498. The fourth-order valence-corrected chi connectivity index (χ4v) is 2.63. The largest absolute Gasteiger partial charge is 0.468 e. The first-order valence-electron chi connectivity index (χ1n) is 7.00. The monoisotopic (exact) mass is 335 g/mol. The minimum Gasteiger partial charge on any atom is -0.468 e. The van der Waals surface area contributed by atoms with Gasteiger partial charge in [0.05, 0.1) is 7.11 Å². The first-order chi connectivity index (χ1) is 11.1. The van der Waals surface area contributed by atoms with Crippen molar-refractivity contribution in [3.05, 3.63) is 29.3 Å². The number of halogens is 1. The first kappa shape index (κ1) is 15.4. The van der Waals surface area contributed by atoms with Gasteiger partial charge in [-0.3, -0.25) is 14.2 Å². The van der Waals surface area contributed by atoms with Crippen LogP contribution in [0.3, 0.4) is 0 Å². The molecule has 1 amide bonds. The molecule has 0 fully saturated rings. The van der Waals surface area contributed by atoms with E-state index in [1.165, 1.54) is 7.11 Å². The average molecular weight is 336 g/mol. The molecule has 1 atom stereocenters. The van der Waals surface area contributed by atoms with Crippen LogP contribution >= 0.6 is 11.6 Å². The van der Waals surface area contributed by atoms with Gasteiger partial charge in [-0.05, 0) is 18.6 Å². The lowest BCUT2D eigenvalue weighted by atomic mass is 10.2. The molecule has 9 heteroatoms. The molecule has 0 saturated heterocycles. The van der Waals surface area contributed by atoms with Crippen molar-refractivity contribution in [2.75, 3.05) is 13.7 Å². The summed E-state index contributed by atoms with van der Waals surface area (Å²) in [5, 5.41) is 11.2. The molecule has 0 saturated carbocycles. The predicted molar refractivity (Wildman–Crippen MR) is 80.6 cm³/mol. The summed E-state index contributed by atoms with van der Waals surface area (Å²) in [5.74, 6) is 0.521. The number of esters is 1. The maximum Gasteiger partial charge on any atom is 0.325 e. The Labute approximate surface area is 136 Å². The van der Waals surface area contributed by atoms with E-state index in [9.17, 15) is 9.59 Å². The van der Waals surface area contributed by atoms with E-state index in [1.54, 1.807) is 22.9 Å². The Hall–Kier alpha value is -2.48. The fraction of sp³-hybridized carbons (Fsp3) is 0.357. The van der Waals surface area contributed by atoms with Crippen LogP contribution in [-0.2, 0) is 20.7 Å². The lowest BCUT2D eigenvalue weighted by Crippen LogP contribution is -2.35. The molecule has 0 bridgehead atoms. The van der Waals surface area contributed by atoms with Gasteiger partial charge in [-0.1, -0.05) is 11.6 Å². The molecule has 23 heavy (non-hydrogen) atoms. The molecule has 0 aromatic carbocycles. The van der Waals surface area contributed by atoms with E-state index in [0.29, 0.717) is 23.8 Å². The summed E-state index contributed by atoms with van der Waals surface area (Å²) in [6.07, 6.45) is 2.83. The molecule has 0 spiro atoms. The second-order valence-electron chi connectivity index (χ2n) is 5.03. The molecule has 8 nitrogen and oxygen atoms in total. The van der Waals surface area contributed by atoms with Crippen LogP contribution in [-0.4, -0.2) is 45.3 Å². The molecular weight excluding hydrogens is 322 g/mol. The van der Waals surface area contributed by atoms with E-state index in [2.05, 4.69) is 25.2 Å². The number of aryl methyl sites for hydroxylation is 1. The van der Waals surface area contributed by atoms with Gasteiger partial charge in [-0.15, -0.1) is 10.2 Å². The summed E-state index contributed by atoms with van der Waals surface area (Å²) in [6, 6.07) is 2.96. The van der Waals surface area contributed by atoms with E-state index in [0.717, 1.165) is 11.4 Å². The highest BCUT2D eigenvalue weighted by Crippen LogP contribution is 2.31. The zero-order chi connectivity index (χ0) is 16.4. The molecule has 1 N–H and O–H groups in total. The summed E-state index contributed by atoms with van der Waals surface area (Å²) in [7, 11) is 1.27. The number of rotatable bonds is 4. The van der Waals surface area contributed by atoms with Crippen molar-refractivity contribution in [1.29, 1.82) is 0 Å². The quantitative estimate of drug-likeness (QED) is 0.654. The van der Waals surface area contributed by atoms with Gasteiger partial charge in [-0.25, -0.2) is 4.98 Å². The number of carbonyl (C=O) groups is 2. The van der Waals surface area contributed by atoms with Crippen molar-refractivity contribution < 1.29 is 14.3 Å². The molecule has 3 heterocycles. The van der Waals surface area contributed by atoms with E-state index in [-0.39, 0.29) is 12.5 Å². The number of hydrogen-bond donors (Lipinski definition) is 1. The van der Waals surface area contributed by atoms with E-state index >= 15 is 0 Å². The molecule has 120 valence electrons. The van der Waals surface area contributed by atoms with Gasteiger partial charge in [0.15, 0.2) is 5.82 Å². The Morgan fingerprint density at radius 2 is 2.26 bits per heavy atom. The highest BCUT2D eigenvalue weighted by atomic mass is 35.5. The normalized spacial score (nSPS) is 16.0. The third kappa shape index (κ3) is 3.02. The molecule has 2 aromatic rings. The number of nitrogens with one attached hydrogen (secondary N) is 1. The Bertz CT molecular complexity index is 743. The van der Waals surface area contributed by atoms with Crippen molar-refractivity contribution in [1.82, 2.24) is 25.1 Å². The summed E-state index contributed by atoms with van der Waals surface area (Å²) < 4.78 is 6.29. The van der Waals surface area contributed by atoms with Crippen LogP contribution in [0.2, 0.25) is 5.15 Å². The summed E-state index contributed by atoms with van der Waals surface area (Å²) in [4.78, 5) is 27.5. The number of fused-ring (bicyclic) bond motifs is 1. The molecule has 3 rings (SSSR count). The average Bonchev–Trinajstić information content (AvgIpc) is 3.15. The van der Waals surface area contributed by atoms with Crippen LogP contribution in [0, 0.1) is 0 Å². The van der Waals surface area contributed by atoms with Gasteiger partial charge in [0.1, 0.15) is 23.6 Å². The van der Waals surface area contributed by atoms with Crippen molar-refractivity contribution in [3.8, 4) is 11.4 Å². The molecule has 0 aliphatic carbocycles. The standard InChI is InChI=1S/C14H14ClN5O3/c1-23-12(21)7-17-14(22)9-3-5-11-18-19-13(20(9)11)8-2-4-10(15)16-6-8/h2,4,6,9H,3,5,7H2,1H3,(H,17,22). The molecule has 1 aliphatic rings. The highest BCUT2D eigenvalue weighted by molar-refractivity contribution is 6.29. The third-order valence-corrected chi connectivity index (χ3v) is 3.87. The van der Waals surface area contributed by atoms with Crippen molar-refractivity contribution in [2.24, 2.45) is 0 Å². The Balaban J connectivity index is 1.84.